The first kappa shape index (κ1) is 8.44. The van der Waals surface area contributed by atoms with Crippen molar-refractivity contribution in [2.24, 2.45) is 0 Å². The van der Waals surface area contributed by atoms with Gasteiger partial charge in [0, 0.05) is 19.4 Å². The first-order chi connectivity index (χ1) is 6.33. The number of halogens is 1. The molecular formula is C9H8BrN3. The van der Waals surface area contributed by atoms with Gasteiger partial charge in [0.05, 0.1) is 15.7 Å². The maximum Gasteiger partial charge on any atom is 0.105 e. The number of nitrogens with one attached hydrogen (secondary N) is 1. The first-order valence-corrected chi connectivity index (χ1v) is 4.69. The van der Waals surface area contributed by atoms with Gasteiger partial charge in [-0.05, 0) is 28.1 Å². The molecule has 0 radical (unpaired) electrons. The minimum Gasteiger partial charge on any atom is -0.387 e. The van der Waals surface area contributed by atoms with E-state index in [0.717, 1.165) is 21.2 Å². The van der Waals surface area contributed by atoms with Crippen molar-refractivity contribution >= 4 is 32.7 Å². The SMILES string of the molecule is CNc1ccc2nccnc2c1Br. The van der Waals surface area contributed by atoms with Crippen LogP contribution < -0.4 is 5.32 Å². The molecule has 13 heavy (non-hydrogen) atoms. The Balaban J connectivity index is 2.79. The van der Waals surface area contributed by atoms with E-state index < -0.39 is 0 Å². The largest absolute Gasteiger partial charge is 0.387 e. The van der Waals surface area contributed by atoms with Gasteiger partial charge in [0.1, 0.15) is 5.52 Å². The van der Waals surface area contributed by atoms with E-state index in [4.69, 9.17) is 0 Å². The molecule has 0 aliphatic heterocycles. The van der Waals surface area contributed by atoms with Gasteiger partial charge in [0.15, 0.2) is 0 Å². The standard InChI is InChI=1S/C9H8BrN3/c1-11-6-2-3-7-9(8(6)10)13-5-4-12-7/h2-5,11H,1H3. The molecule has 1 heterocycles. The summed E-state index contributed by atoms with van der Waals surface area (Å²) < 4.78 is 0.959. The summed E-state index contributed by atoms with van der Waals surface area (Å²) in [6, 6.07) is 3.92. The third-order valence-electron chi connectivity index (χ3n) is 1.85. The predicted molar refractivity (Wildman–Crippen MR) is 56.8 cm³/mol. The predicted octanol–water partition coefficient (Wildman–Crippen LogP) is 2.43. The Hall–Kier alpha value is -1.16. The molecule has 0 aliphatic carbocycles. The van der Waals surface area contributed by atoms with E-state index in [-0.39, 0.29) is 0 Å². The molecule has 1 aromatic heterocycles. The number of fused-ring (bicyclic) bond motifs is 1. The van der Waals surface area contributed by atoms with E-state index in [9.17, 15) is 0 Å². The third-order valence-corrected chi connectivity index (χ3v) is 2.65. The van der Waals surface area contributed by atoms with Gasteiger partial charge in [-0.25, -0.2) is 0 Å². The molecule has 2 aromatic rings. The fraction of sp³-hybridized carbons (Fsp3) is 0.111. The zero-order valence-corrected chi connectivity index (χ0v) is 8.67. The van der Waals surface area contributed by atoms with Gasteiger partial charge < -0.3 is 5.32 Å². The van der Waals surface area contributed by atoms with Crippen LogP contribution in [0.15, 0.2) is 29.0 Å². The van der Waals surface area contributed by atoms with Crippen LogP contribution in [-0.2, 0) is 0 Å². The molecule has 1 aromatic carbocycles. The first-order valence-electron chi connectivity index (χ1n) is 3.90. The summed E-state index contributed by atoms with van der Waals surface area (Å²) in [4.78, 5) is 8.44. The Morgan fingerprint density at radius 3 is 2.77 bits per heavy atom. The lowest BCUT2D eigenvalue weighted by Gasteiger charge is -2.04. The molecule has 2 rings (SSSR count). The molecule has 0 unspecified atom stereocenters. The molecular weight excluding hydrogens is 230 g/mol. The highest BCUT2D eigenvalue weighted by atomic mass is 79.9. The summed E-state index contributed by atoms with van der Waals surface area (Å²) in [5.74, 6) is 0. The normalized spacial score (nSPS) is 10.3. The van der Waals surface area contributed by atoms with Crippen molar-refractivity contribution in [1.29, 1.82) is 0 Å². The molecule has 0 fully saturated rings. The van der Waals surface area contributed by atoms with E-state index in [1.807, 2.05) is 19.2 Å². The van der Waals surface area contributed by atoms with Crippen LogP contribution in [0.4, 0.5) is 5.69 Å². The number of hydrogen-bond acceptors (Lipinski definition) is 3. The quantitative estimate of drug-likeness (QED) is 0.829. The molecule has 0 saturated carbocycles. The minimum atomic E-state index is 0.884. The second-order valence-corrected chi connectivity index (χ2v) is 3.39. The molecule has 0 amide bonds. The van der Waals surface area contributed by atoms with E-state index in [1.165, 1.54) is 0 Å². The zero-order chi connectivity index (χ0) is 9.26. The van der Waals surface area contributed by atoms with Crippen molar-refractivity contribution in [3.8, 4) is 0 Å². The van der Waals surface area contributed by atoms with E-state index in [1.54, 1.807) is 12.4 Å². The summed E-state index contributed by atoms with van der Waals surface area (Å²) in [7, 11) is 1.88. The second kappa shape index (κ2) is 3.30. The lowest BCUT2D eigenvalue weighted by atomic mass is 10.2. The van der Waals surface area contributed by atoms with Crippen LogP contribution in [0, 0.1) is 0 Å². The second-order valence-electron chi connectivity index (χ2n) is 2.60. The van der Waals surface area contributed by atoms with Crippen LogP contribution in [0.5, 0.6) is 0 Å². The fourth-order valence-electron chi connectivity index (χ4n) is 1.20. The molecule has 4 heteroatoms. The fourth-order valence-corrected chi connectivity index (χ4v) is 1.83. The van der Waals surface area contributed by atoms with Gasteiger partial charge in [-0.1, -0.05) is 0 Å². The molecule has 0 atom stereocenters. The third kappa shape index (κ3) is 1.37. The van der Waals surface area contributed by atoms with Crippen molar-refractivity contribution in [3.05, 3.63) is 29.0 Å². The van der Waals surface area contributed by atoms with E-state index >= 15 is 0 Å². The van der Waals surface area contributed by atoms with Crippen molar-refractivity contribution in [2.45, 2.75) is 0 Å². The molecule has 1 N–H and O–H groups in total. The molecule has 0 aliphatic rings. The lowest BCUT2D eigenvalue weighted by Crippen LogP contribution is -1.91. The van der Waals surface area contributed by atoms with Gasteiger partial charge in [-0.3, -0.25) is 9.97 Å². The van der Waals surface area contributed by atoms with Crippen LogP contribution in [-0.4, -0.2) is 17.0 Å². The van der Waals surface area contributed by atoms with Crippen LogP contribution in [0.1, 0.15) is 0 Å². The van der Waals surface area contributed by atoms with Gasteiger partial charge in [-0.2, -0.15) is 0 Å². The van der Waals surface area contributed by atoms with E-state index in [2.05, 4.69) is 31.2 Å². The highest BCUT2D eigenvalue weighted by Crippen LogP contribution is 2.28. The molecule has 0 saturated heterocycles. The van der Waals surface area contributed by atoms with E-state index in [0.29, 0.717) is 0 Å². The number of rotatable bonds is 1. The Morgan fingerprint density at radius 1 is 1.23 bits per heavy atom. The maximum absolute atomic E-state index is 4.24. The van der Waals surface area contributed by atoms with Crippen molar-refractivity contribution < 1.29 is 0 Å². The van der Waals surface area contributed by atoms with Gasteiger partial charge in [-0.15, -0.1) is 0 Å². The van der Waals surface area contributed by atoms with Gasteiger partial charge in [0.25, 0.3) is 0 Å². The topological polar surface area (TPSA) is 37.8 Å². The number of benzene rings is 1. The van der Waals surface area contributed by atoms with Crippen molar-refractivity contribution in [1.82, 2.24) is 9.97 Å². The Morgan fingerprint density at radius 2 is 2.00 bits per heavy atom. The van der Waals surface area contributed by atoms with Crippen LogP contribution in [0.3, 0.4) is 0 Å². The summed E-state index contributed by atoms with van der Waals surface area (Å²) >= 11 is 3.48. The number of aromatic nitrogens is 2. The minimum absolute atomic E-state index is 0.884. The average molecular weight is 238 g/mol. The average Bonchev–Trinajstić information content (AvgIpc) is 2.19. The lowest BCUT2D eigenvalue weighted by molar-refractivity contribution is 1.28. The smallest absolute Gasteiger partial charge is 0.105 e. The van der Waals surface area contributed by atoms with Gasteiger partial charge >= 0.3 is 0 Å². The Kier molecular flexibility index (Phi) is 2.14. The summed E-state index contributed by atoms with van der Waals surface area (Å²) in [5.41, 5.74) is 2.80. The highest BCUT2D eigenvalue weighted by molar-refractivity contribution is 9.10. The molecule has 3 nitrogen and oxygen atoms in total. The Bertz CT molecular complexity index is 442. The zero-order valence-electron chi connectivity index (χ0n) is 7.08. The molecule has 0 spiro atoms. The summed E-state index contributed by atoms with van der Waals surface area (Å²) in [6.45, 7) is 0. The van der Waals surface area contributed by atoms with Gasteiger partial charge in [0.2, 0.25) is 0 Å². The summed E-state index contributed by atoms with van der Waals surface area (Å²) in [5, 5.41) is 3.07. The monoisotopic (exact) mass is 237 g/mol. The van der Waals surface area contributed by atoms with Crippen LogP contribution in [0.25, 0.3) is 11.0 Å². The number of anilines is 1. The van der Waals surface area contributed by atoms with Crippen LogP contribution >= 0.6 is 15.9 Å². The van der Waals surface area contributed by atoms with Crippen molar-refractivity contribution in [3.63, 3.8) is 0 Å². The summed E-state index contributed by atoms with van der Waals surface area (Å²) in [6.07, 6.45) is 3.38. The Labute approximate surface area is 84.3 Å². The number of nitrogens with zero attached hydrogens (tertiary/aromatic N) is 2. The van der Waals surface area contributed by atoms with Crippen molar-refractivity contribution in [2.75, 3.05) is 12.4 Å². The molecule has 0 bridgehead atoms. The highest BCUT2D eigenvalue weighted by Gasteiger charge is 2.04. The van der Waals surface area contributed by atoms with Crippen LogP contribution in [0.2, 0.25) is 0 Å². The molecule has 66 valence electrons. The number of hydrogen-bond donors (Lipinski definition) is 1. The maximum atomic E-state index is 4.24.